The summed E-state index contributed by atoms with van der Waals surface area (Å²) in [6.45, 7) is 3.83. The number of hydrogen-bond donors (Lipinski definition) is 1. The minimum atomic E-state index is -0.468. The quantitative estimate of drug-likeness (QED) is 0.602. The van der Waals surface area contributed by atoms with Gasteiger partial charge in [-0.2, -0.15) is 5.26 Å². The van der Waals surface area contributed by atoms with Crippen LogP contribution in [0.3, 0.4) is 0 Å². The average molecular weight is 387 g/mol. The highest BCUT2D eigenvalue weighted by atomic mass is 32.1. The zero-order valence-corrected chi connectivity index (χ0v) is 16.7. The van der Waals surface area contributed by atoms with Crippen LogP contribution in [0.1, 0.15) is 62.0 Å². The first kappa shape index (κ1) is 19.6. The first-order valence-corrected chi connectivity index (χ1v) is 10.6. The first-order valence-electron chi connectivity index (χ1n) is 9.76. The Hall–Kier alpha value is -2.13. The Morgan fingerprint density at radius 1 is 1.30 bits per heavy atom. The Balaban J connectivity index is 1.76. The van der Waals surface area contributed by atoms with E-state index in [1.807, 2.05) is 26.0 Å². The highest BCUT2D eigenvalue weighted by Gasteiger charge is 2.36. The predicted octanol–water partition coefficient (Wildman–Crippen LogP) is 4.36. The number of carbonyl (C=O) groups excluding carboxylic acids is 2. The van der Waals surface area contributed by atoms with Crippen LogP contribution in [-0.2, 0) is 27.2 Å². The van der Waals surface area contributed by atoms with Crippen molar-refractivity contribution in [1.29, 1.82) is 5.26 Å². The molecular formula is C21H26N2O3S. The maximum absolute atomic E-state index is 13.0. The van der Waals surface area contributed by atoms with Crippen molar-refractivity contribution in [2.24, 2.45) is 11.8 Å². The lowest BCUT2D eigenvalue weighted by Gasteiger charge is -2.27. The summed E-state index contributed by atoms with van der Waals surface area (Å²) >= 11 is 1.51. The van der Waals surface area contributed by atoms with Crippen molar-refractivity contribution >= 4 is 28.2 Å². The molecule has 0 aromatic carbocycles. The van der Waals surface area contributed by atoms with Crippen molar-refractivity contribution in [3.8, 4) is 6.07 Å². The summed E-state index contributed by atoms with van der Waals surface area (Å²) in [6, 6.07) is 2.27. The Labute approximate surface area is 164 Å². The number of amides is 1. The molecule has 0 aliphatic heterocycles. The molecule has 144 valence electrons. The van der Waals surface area contributed by atoms with Crippen LogP contribution in [0.15, 0.2) is 12.2 Å². The number of nitriles is 1. The molecule has 1 aromatic heterocycles. The summed E-state index contributed by atoms with van der Waals surface area (Å²) in [7, 11) is 0. The molecule has 1 amide bonds. The fourth-order valence-corrected chi connectivity index (χ4v) is 4.95. The highest BCUT2D eigenvalue weighted by Crippen LogP contribution is 2.38. The van der Waals surface area contributed by atoms with Gasteiger partial charge in [-0.1, -0.05) is 19.1 Å². The largest absolute Gasteiger partial charge is 0.462 e. The Morgan fingerprint density at radius 2 is 2.00 bits per heavy atom. The van der Waals surface area contributed by atoms with E-state index in [4.69, 9.17) is 4.74 Å². The fraction of sp³-hybridized carbons (Fsp3) is 0.571. The molecule has 3 atom stereocenters. The van der Waals surface area contributed by atoms with Gasteiger partial charge in [-0.05, 0) is 57.4 Å². The normalized spacial score (nSPS) is 22.4. The number of anilines is 1. The van der Waals surface area contributed by atoms with Crippen LogP contribution in [0, 0.1) is 23.2 Å². The standard InChI is InChI=1S/C21H26N2O3S/c1-3-13(2)26-21(25)16-10-5-4-9-15(16)19(24)23-20-17(12-22)14-8-6-7-11-18(14)27-20/h4-5,13,15-16H,3,6-11H2,1-2H3,(H,23,24)/t13-,15-,16+/m0/s1. The van der Waals surface area contributed by atoms with Gasteiger partial charge in [0.1, 0.15) is 11.1 Å². The third-order valence-corrected chi connectivity index (χ3v) is 6.69. The maximum atomic E-state index is 13.0. The lowest BCUT2D eigenvalue weighted by atomic mass is 9.82. The van der Waals surface area contributed by atoms with Crippen molar-refractivity contribution in [2.45, 2.75) is 64.9 Å². The van der Waals surface area contributed by atoms with Gasteiger partial charge in [-0.15, -0.1) is 11.3 Å². The molecule has 0 radical (unpaired) electrons. The molecule has 0 spiro atoms. The number of ether oxygens (including phenoxy) is 1. The van der Waals surface area contributed by atoms with E-state index in [1.54, 1.807) is 0 Å². The number of fused-ring (bicyclic) bond motifs is 1. The third kappa shape index (κ3) is 4.24. The number of rotatable bonds is 5. The van der Waals surface area contributed by atoms with Gasteiger partial charge in [-0.3, -0.25) is 9.59 Å². The van der Waals surface area contributed by atoms with E-state index in [0.717, 1.165) is 37.7 Å². The summed E-state index contributed by atoms with van der Waals surface area (Å²) < 4.78 is 5.48. The van der Waals surface area contributed by atoms with Crippen molar-refractivity contribution in [3.05, 3.63) is 28.2 Å². The molecule has 0 fully saturated rings. The number of nitrogens with zero attached hydrogens (tertiary/aromatic N) is 1. The fourth-order valence-electron chi connectivity index (χ4n) is 3.71. The van der Waals surface area contributed by atoms with Gasteiger partial charge >= 0.3 is 5.97 Å². The molecule has 27 heavy (non-hydrogen) atoms. The molecule has 6 heteroatoms. The van der Waals surface area contributed by atoms with Gasteiger partial charge in [0.15, 0.2) is 0 Å². The molecular weight excluding hydrogens is 360 g/mol. The minimum absolute atomic E-state index is 0.152. The van der Waals surface area contributed by atoms with Crippen LogP contribution in [0.2, 0.25) is 0 Å². The summed E-state index contributed by atoms with van der Waals surface area (Å²) in [5, 5.41) is 13.2. The van der Waals surface area contributed by atoms with Crippen LogP contribution in [-0.4, -0.2) is 18.0 Å². The number of esters is 1. The van der Waals surface area contributed by atoms with Gasteiger partial charge in [0.25, 0.3) is 0 Å². The highest BCUT2D eigenvalue weighted by molar-refractivity contribution is 7.16. The topological polar surface area (TPSA) is 79.2 Å². The Kier molecular flexibility index (Phi) is 6.33. The first-order chi connectivity index (χ1) is 13.0. The van der Waals surface area contributed by atoms with E-state index >= 15 is 0 Å². The van der Waals surface area contributed by atoms with Crippen LogP contribution in [0.4, 0.5) is 5.00 Å². The lowest BCUT2D eigenvalue weighted by molar-refractivity contribution is -0.157. The van der Waals surface area contributed by atoms with Crippen LogP contribution in [0.5, 0.6) is 0 Å². The second-order valence-electron chi connectivity index (χ2n) is 7.33. The number of allylic oxidation sites excluding steroid dienone is 2. The van der Waals surface area contributed by atoms with Crippen molar-refractivity contribution in [1.82, 2.24) is 0 Å². The van der Waals surface area contributed by atoms with Crippen molar-refractivity contribution < 1.29 is 14.3 Å². The number of thiophene rings is 1. The second-order valence-corrected chi connectivity index (χ2v) is 8.43. The average Bonchev–Trinajstić information content (AvgIpc) is 3.04. The smallest absolute Gasteiger partial charge is 0.310 e. The molecule has 2 aliphatic carbocycles. The minimum Gasteiger partial charge on any atom is -0.462 e. The molecule has 5 nitrogen and oxygen atoms in total. The molecule has 0 bridgehead atoms. The van der Waals surface area contributed by atoms with Gasteiger partial charge in [0.05, 0.1) is 23.5 Å². The predicted molar refractivity (Wildman–Crippen MR) is 106 cm³/mol. The molecule has 1 N–H and O–H groups in total. The number of nitrogens with one attached hydrogen (secondary N) is 1. The Morgan fingerprint density at radius 3 is 2.70 bits per heavy atom. The molecule has 0 unspecified atom stereocenters. The molecule has 1 heterocycles. The monoisotopic (exact) mass is 386 g/mol. The number of carbonyl (C=O) groups is 2. The SMILES string of the molecule is CC[C@H](C)OC(=O)[C@@H]1CC=CC[C@@H]1C(=O)Nc1sc2c(c1C#N)CCCC2. The molecule has 0 saturated carbocycles. The summed E-state index contributed by atoms with van der Waals surface area (Å²) in [6.07, 6.45) is 9.60. The van der Waals surface area contributed by atoms with Crippen LogP contribution >= 0.6 is 11.3 Å². The maximum Gasteiger partial charge on any atom is 0.310 e. The van der Waals surface area contributed by atoms with E-state index in [0.29, 0.717) is 23.4 Å². The molecule has 3 rings (SSSR count). The summed E-state index contributed by atoms with van der Waals surface area (Å²) in [5.74, 6) is -1.43. The zero-order valence-electron chi connectivity index (χ0n) is 15.9. The van der Waals surface area contributed by atoms with Gasteiger partial charge in [0, 0.05) is 4.88 Å². The van der Waals surface area contributed by atoms with Crippen molar-refractivity contribution in [3.63, 3.8) is 0 Å². The van der Waals surface area contributed by atoms with Gasteiger partial charge in [-0.25, -0.2) is 0 Å². The summed E-state index contributed by atoms with van der Waals surface area (Å²) in [5.41, 5.74) is 1.70. The Bertz CT molecular complexity index is 790. The molecule has 1 aromatic rings. The van der Waals surface area contributed by atoms with Crippen molar-refractivity contribution in [2.75, 3.05) is 5.32 Å². The van der Waals surface area contributed by atoms with Crippen LogP contribution in [0.25, 0.3) is 0 Å². The van der Waals surface area contributed by atoms with E-state index in [1.165, 1.54) is 16.2 Å². The van der Waals surface area contributed by atoms with Crippen LogP contribution < -0.4 is 5.32 Å². The van der Waals surface area contributed by atoms with Gasteiger partial charge < -0.3 is 10.1 Å². The number of aryl methyl sites for hydroxylation is 1. The molecule has 2 aliphatic rings. The summed E-state index contributed by atoms with van der Waals surface area (Å²) in [4.78, 5) is 26.7. The third-order valence-electron chi connectivity index (χ3n) is 5.48. The van der Waals surface area contributed by atoms with E-state index in [2.05, 4.69) is 11.4 Å². The van der Waals surface area contributed by atoms with E-state index in [9.17, 15) is 14.9 Å². The second kappa shape index (κ2) is 8.71. The lowest BCUT2D eigenvalue weighted by Crippen LogP contribution is -2.36. The van der Waals surface area contributed by atoms with Gasteiger partial charge in [0.2, 0.25) is 5.91 Å². The molecule has 0 saturated heterocycles. The van der Waals surface area contributed by atoms with E-state index in [-0.39, 0.29) is 18.0 Å². The van der Waals surface area contributed by atoms with E-state index < -0.39 is 11.8 Å². The zero-order chi connectivity index (χ0) is 19.4. The number of hydrogen-bond acceptors (Lipinski definition) is 5.